The van der Waals surface area contributed by atoms with Gasteiger partial charge in [-0.15, -0.1) is 0 Å². The number of hydrogen-bond donors (Lipinski definition) is 1. The van der Waals surface area contributed by atoms with Crippen molar-refractivity contribution in [2.75, 3.05) is 44.8 Å². The van der Waals surface area contributed by atoms with E-state index in [2.05, 4.69) is 34.2 Å². The van der Waals surface area contributed by atoms with Crippen LogP contribution >= 0.6 is 0 Å². The van der Waals surface area contributed by atoms with E-state index < -0.39 is 0 Å². The predicted molar refractivity (Wildman–Crippen MR) is 82.5 cm³/mol. The lowest BCUT2D eigenvalue weighted by molar-refractivity contribution is -0.883. The van der Waals surface area contributed by atoms with Crippen molar-refractivity contribution in [3.05, 3.63) is 30.3 Å². The van der Waals surface area contributed by atoms with Crippen LogP contribution < -0.4 is 9.91 Å². The third-order valence-electron chi connectivity index (χ3n) is 3.86. The third-order valence-corrected chi connectivity index (χ3v) is 3.86. The number of benzene rings is 1. The zero-order valence-corrected chi connectivity index (χ0v) is 12.0. The molecule has 1 aromatic rings. The van der Waals surface area contributed by atoms with Gasteiger partial charge in [0.2, 0.25) is 0 Å². The summed E-state index contributed by atoms with van der Waals surface area (Å²) in [5.41, 5.74) is 1.14. The van der Waals surface area contributed by atoms with Gasteiger partial charge >= 0.3 is 0 Å². The van der Waals surface area contributed by atoms with Crippen LogP contribution in [-0.4, -0.2) is 56.8 Å². The van der Waals surface area contributed by atoms with Gasteiger partial charge in [0.1, 0.15) is 0 Å². The molecule has 0 saturated carbocycles. The van der Waals surface area contributed by atoms with Gasteiger partial charge in [-0.25, -0.2) is 4.99 Å². The lowest BCUT2D eigenvalue weighted by Gasteiger charge is -2.28. The van der Waals surface area contributed by atoms with E-state index in [1.54, 1.807) is 4.90 Å². The van der Waals surface area contributed by atoms with Crippen molar-refractivity contribution in [2.24, 2.45) is 10.1 Å². The number of quaternary nitrogens is 1. The van der Waals surface area contributed by atoms with Gasteiger partial charge < -0.3 is 9.80 Å². The summed E-state index contributed by atoms with van der Waals surface area (Å²) in [5, 5.41) is 6.61. The molecule has 0 aromatic heterocycles. The molecule has 1 aromatic carbocycles. The van der Waals surface area contributed by atoms with Crippen LogP contribution in [0.2, 0.25) is 0 Å². The smallest absolute Gasteiger partial charge is 0.152 e. The summed E-state index contributed by atoms with van der Waals surface area (Å²) in [6.07, 6.45) is 2.89. The molecule has 106 valence electrons. The van der Waals surface area contributed by atoms with Crippen LogP contribution in [0.15, 0.2) is 40.4 Å². The van der Waals surface area contributed by atoms with E-state index in [-0.39, 0.29) is 0 Å². The fraction of sp³-hybridized carbons (Fsp3) is 0.467. The quantitative estimate of drug-likeness (QED) is 0.611. The van der Waals surface area contributed by atoms with E-state index in [1.165, 1.54) is 13.1 Å². The molecule has 0 aliphatic carbocycles. The highest BCUT2D eigenvalue weighted by molar-refractivity contribution is 5.91. The normalized spacial score (nSPS) is 20.8. The Hall–Kier alpha value is -1.88. The zero-order chi connectivity index (χ0) is 13.8. The number of nitrogens with one attached hydrogen (secondary N) is 1. The molecule has 3 rings (SSSR count). The summed E-state index contributed by atoms with van der Waals surface area (Å²) in [7, 11) is 2.24. The summed E-state index contributed by atoms with van der Waals surface area (Å²) in [4.78, 5) is 8.44. The first kappa shape index (κ1) is 13.1. The molecule has 0 atom stereocenters. The number of likely N-dealkylation sites (N-methyl/N-ethyl adjacent to an activating group) is 1. The maximum absolute atomic E-state index is 4.58. The Morgan fingerprint density at radius 1 is 1.15 bits per heavy atom. The Labute approximate surface area is 120 Å². The second-order valence-electron chi connectivity index (χ2n) is 5.46. The standard InChI is InChI=1S/C15H21N5/c1-18-9-11-19(12-10-18)13-16-15-7-8-20(17-15)14-5-3-2-4-6-14/h2-6,13H,7-12H2,1H3/p+1. The molecule has 20 heavy (non-hydrogen) atoms. The Balaban J connectivity index is 1.59. The van der Waals surface area contributed by atoms with Crippen molar-refractivity contribution in [1.29, 1.82) is 0 Å². The summed E-state index contributed by atoms with van der Waals surface area (Å²) in [6, 6.07) is 10.3. The molecule has 2 heterocycles. The van der Waals surface area contributed by atoms with Gasteiger partial charge in [0, 0.05) is 13.0 Å². The first-order valence-corrected chi connectivity index (χ1v) is 7.31. The molecule has 0 amide bonds. The van der Waals surface area contributed by atoms with Gasteiger partial charge in [0.15, 0.2) is 5.84 Å². The second-order valence-corrected chi connectivity index (χ2v) is 5.46. The lowest BCUT2D eigenvalue weighted by atomic mass is 10.3. The fourth-order valence-corrected chi connectivity index (χ4v) is 2.49. The average Bonchev–Trinajstić information content (AvgIpc) is 2.97. The molecule has 1 saturated heterocycles. The zero-order valence-electron chi connectivity index (χ0n) is 12.0. The van der Waals surface area contributed by atoms with Crippen LogP contribution in [0.1, 0.15) is 6.42 Å². The predicted octanol–water partition coefficient (Wildman–Crippen LogP) is 0.0688. The highest BCUT2D eigenvalue weighted by atomic mass is 15.5. The molecular weight excluding hydrogens is 250 g/mol. The Morgan fingerprint density at radius 3 is 2.65 bits per heavy atom. The summed E-state index contributed by atoms with van der Waals surface area (Å²) in [6.45, 7) is 5.48. The van der Waals surface area contributed by atoms with Crippen molar-refractivity contribution in [3.8, 4) is 0 Å². The van der Waals surface area contributed by atoms with Crippen molar-refractivity contribution < 1.29 is 4.90 Å². The number of aliphatic imine (C=N–C) groups is 1. The monoisotopic (exact) mass is 272 g/mol. The Bertz CT molecular complexity index is 488. The number of hydrogen-bond acceptors (Lipinski definition) is 3. The SMILES string of the molecule is C[NH+]1CCN(C=NC2=NN(c3ccccc3)CC2)CC1. The van der Waals surface area contributed by atoms with E-state index in [9.17, 15) is 0 Å². The molecule has 0 bridgehead atoms. The number of piperazine rings is 1. The first-order chi connectivity index (χ1) is 9.81. The van der Waals surface area contributed by atoms with Crippen LogP contribution in [0.4, 0.5) is 5.69 Å². The minimum atomic E-state index is 0.920. The molecule has 5 heteroatoms. The van der Waals surface area contributed by atoms with E-state index in [1.807, 2.05) is 29.5 Å². The van der Waals surface area contributed by atoms with Crippen molar-refractivity contribution in [2.45, 2.75) is 6.42 Å². The van der Waals surface area contributed by atoms with E-state index >= 15 is 0 Å². The molecule has 2 aliphatic rings. The topological polar surface area (TPSA) is 35.6 Å². The maximum atomic E-state index is 4.58. The van der Waals surface area contributed by atoms with Gasteiger partial charge in [0.05, 0.1) is 45.3 Å². The highest BCUT2D eigenvalue weighted by Gasteiger charge is 2.16. The minimum Gasteiger partial charge on any atom is -0.351 e. The number of amidine groups is 1. The van der Waals surface area contributed by atoms with E-state index in [0.29, 0.717) is 0 Å². The maximum Gasteiger partial charge on any atom is 0.152 e. The number of anilines is 1. The van der Waals surface area contributed by atoms with Crippen LogP contribution in [-0.2, 0) is 0 Å². The molecule has 0 radical (unpaired) electrons. The molecule has 5 nitrogen and oxygen atoms in total. The van der Waals surface area contributed by atoms with Gasteiger partial charge in [0.25, 0.3) is 0 Å². The molecule has 1 N–H and O–H groups in total. The van der Waals surface area contributed by atoms with Crippen LogP contribution in [0.3, 0.4) is 0 Å². The second kappa shape index (κ2) is 6.05. The van der Waals surface area contributed by atoms with Crippen molar-refractivity contribution in [1.82, 2.24) is 4.90 Å². The number of para-hydroxylation sites is 1. The molecule has 0 unspecified atom stereocenters. The molecule has 0 spiro atoms. The minimum absolute atomic E-state index is 0.920. The first-order valence-electron chi connectivity index (χ1n) is 7.31. The van der Waals surface area contributed by atoms with Crippen molar-refractivity contribution in [3.63, 3.8) is 0 Å². The van der Waals surface area contributed by atoms with Gasteiger partial charge in [-0.05, 0) is 12.1 Å². The number of rotatable bonds is 2. The van der Waals surface area contributed by atoms with Crippen LogP contribution in [0.25, 0.3) is 0 Å². The third kappa shape index (κ3) is 3.17. The average molecular weight is 272 g/mol. The summed E-state index contributed by atoms with van der Waals surface area (Å²) >= 11 is 0. The molecule has 2 aliphatic heterocycles. The summed E-state index contributed by atoms with van der Waals surface area (Å²) in [5.74, 6) is 0.931. The number of hydrazone groups is 1. The van der Waals surface area contributed by atoms with Crippen LogP contribution in [0, 0.1) is 0 Å². The van der Waals surface area contributed by atoms with Gasteiger partial charge in [-0.3, -0.25) is 5.01 Å². The highest BCUT2D eigenvalue weighted by Crippen LogP contribution is 2.18. The van der Waals surface area contributed by atoms with E-state index in [4.69, 9.17) is 0 Å². The molecular formula is C15H22N5+. The van der Waals surface area contributed by atoms with Gasteiger partial charge in [-0.1, -0.05) is 18.2 Å². The lowest BCUT2D eigenvalue weighted by Crippen LogP contribution is -3.11. The largest absolute Gasteiger partial charge is 0.351 e. The van der Waals surface area contributed by atoms with Crippen LogP contribution in [0.5, 0.6) is 0 Å². The van der Waals surface area contributed by atoms with Crippen molar-refractivity contribution >= 4 is 17.9 Å². The van der Waals surface area contributed by atoms with Gasteiger partial charge in [-0.2, -0.15) is 5.10 Å². The number of nitrogens with zero attached hydrogens (tertiary/aromatic N) is 4. The fourth-order valence-electron chi connectivity index (χ4n) is 2.49. The Kier molecular flexibility index (Phi) is 3.97. The molecule has 1 fully saturated rings. The Morgan fingerprint density at radius 2 is 1.90 bits per heavy atom. The summed E-state index contributed by atoms with van der Waals surface area (Å²) < 4.78 is 0. The van der Waals surface area contributed by atoms with E-state index in [0.717, 1.165) is 37.6 Å².